The van der Waals surface area contributed by atoms with Gasteiger partial charge in [-0.15, -0.1) is 0 Å². The second kappa shape index (κ2) is 8.42. The van der Waals surface area contributed by atoms with Gasteiger partial charge in [-0.1, -0.05) is 6.07 Å². The number of methoxy groups -OCH3 is 1. The Balaban J connectivity index is 1.77. The summed E-state index contributed by atoms with van der Waals surface area (Å²) in [7, 11) is 5.29. The van der Waals surface area contributed by atoms with Crippen LogP contribution in [0.5, 0.6) is 0 Å². The summed E-state index contributed by atoms with van der Waals surface area (Å²) >= 11 is 0. The van der Waals surface area contributed by atoms with E-state index in [2.05, 4.69) is 39.4 Å². The van der Waals surface area contributed by atoms with Crippen molar-refractivity contribution < 1.29 is 4.74 Å². The van der Waals surface area contributed by atoms with Crippen molar-refractivity contribution in [3.05, 3.63) is 64.7 Å². The molecule has 0 radical (unpaired) electrons. The smallest absolute Gasteiger partial charge is 0.333 e. The molecule has 0 spiro atoms. The molecule has 0 fully saturated rings. The molecule has 0 aliphatic carbocycles. The highest BCUT2D eigenvalue weighted by Crippen LogP contribution is 2.31. The third-order valence-electron chi connectivity index (χ3n) is 6.06. The van der Waals surface area contributed by atoms with Crippen molar-refractivity contribution in [3.63, 3.8) is 0 Å². The van der Waals surface area contributed by atoms with Crippen LogP contribution in [-0.2, 0) is 25.4 Å². The number of aryl methyl sites for hydroxylation is 3. The van der Waals surface area contributed by atoms with E-state index in [1.54, 1.807) is 34.2 Å². The zero-order chi connectivity index (χ0) is 24.0. The number of nitrogens with zero attached hydrogens (tertiary/aromatic N) is 6. The minimum atomic E-state index is -0.133. The third kappa shape index (κ3) is 3.45. The van der Waals surface area contributed by atoms with E-state index in [4.69, 9.17) is 4.74 Å². The lowest BCUT2D eigenvalue weighted by Gasteiger charge is -2.12. The molecule has 0 unspecified atom stereocenters. The first kappa shape index (κ1) is 21.8. The number of benzene rings is 1. The molecule has 0 bridgehead atoms. The van der Waals surface area contributed by atoms with Crippen molar-refractivity contribution in [2.24, 2.45) is 14.1 Å². The van der Waals surface area contributed by atoms with E-state index in [1.807, 2.05) is 38.5 Å². The van der Waals surface area contributed by atoms with E-state index < -0.39 is 0 Å². The molecule has 9 heteroatoms. The highest BCUT2D eigenvalue weighted by Gasteiger charge is 2.19. The van der Waals surface area contributed by atoms with E-state index >= 15 is 0 Å². The molecule has 1 aromatic carbocycles. The van der Waals surface area contributed by atoms with Crippen LogP contribution in [0.4, 0.5) is 5.69 Å². The number of imidazole rings is 1. The van der Waals surface area contributed by atoms with Gasteiger partial charge < -0.3 is 10.1 Å². The summed E-state index contributed by atoms with van der Waals surface area (Å²) in [6.07, 6.45) is 5.48. The number of aromatic nitrogens is 6. The summed E-state index contributed by atoms with van der Waals surface area (Å²) in [5.41, 5.74) is 7.57. The number of fused-ring (bicyclic) bond motifs is 3. The number of hydrogen-bond acceptors (Lipinski definition) is 6. The van der Waals surface area contributed by atoms with Crippen LogP contribution >= 0.6 is 0 Å². The van der Waals surface area contributed by atoms with Gasteiger partial charge in [0.05, 0.1) is 52.1 Å². The molecular formula is C25H27N7O2. The van der Waals surface area contributed by atoms with Crippen LogP contribution in [0, 0.1) is 6.92 Å². The number of anilines is 1. The number of ether oxygens (including phenoxy) is 1. The van der Waals surface area contributed by atoms with Gasteiger partial charge in [-0.25, -0.2) is 4.79 Å². The van der Waals surface area contributed by atoms with E-state index in [0.717, 1.165) is 62.4 Å². The highest BCUT2D eigenvalue weighted by molar-refractivity contribution is 6.04. The Bertz CT molecular complexity index is 1590. The van der Waals surface area contributed by atoms with Crippen molar-refractivity contribution in [1.82, 2.24) is 28.9 Å². The largest absolute Gasteiger partial charge is 0.384 e. The van der Waals surface area contributed by atoms with Crippen molar-refractivity contribution in [2.45, 2.75) is 20.5 Å². The van der Waals surface area contributed by atoms with Crippen LogP contribution in [-0.4, -0.2) is 42.5 Å². The average Bonchev–Trinajstić information content (AvgIpc) is 3.29. The molecule has 0 amide bonds. The number of nitrogens with one attached hydrogen (secondary N) is 1. The Morgan fingerprint density at radius 1 is 1.09 bits per heavy atom. The molecule has 0 atom stereocenters. The van der Waals surface area contributed by atoms with Gasteiger partial charge in [-0.05, 0) is 37.6 Å². The molecule has 1 N–H and O–H groups in total. The summed E-state index contributed by atoms with van der Waals surface area (Å²) in [4.78, 5) is 22.6. The molecule has 4 heterocycles. The van der Waals surface area contributed by atoms with Crippen molar-refractivity contribution in [1.29, 1.82) is 0 Å². The van der Waals surface area contributed by atoms with Crippen LogP contribution in [0.25, 0.3) is 38.8 Å². The van der Waals surface area contributed by atoms with E-state index in [9.17, 15) is 4.79 Å². The monoisotopic (exact) mass is 457 g/mol. The lowest BCUT2D eigenvalue weighted by atomic mass is 10.0. The van der Waals surface area contributed by atoms with Gasteiger partial charge in [0.15, 0.2) is 0 Å². The van der Waals surface area contributed by atoms with Crippen molar-refractivity contribution in [3.8, 4) is 16.8 Å². The maximum absolute atomic E-state index is 13.3. The third-order valence-corrected chi connectivity index (χ3v) is 6.06. The zero-order valence-electron chi connectivity index (χ0n) is 20.0. The van der Waals surface area contributed by atoms with Crippen molar-refractivity contribution >= 4 is 27.6 Å². The molecule has 0 aliphatic heterocycles. The lowest BCUT2D eigenvalue weighted by molar-refractivity contribution is 0.182. The SMILES string of the molecule is CCNc1cc(-c2ccc3ncc4c(c3c2)n(-c2cn(C)nc2C)c(=O)n4C)cnc1COC. The quantitative estimate of drug-likeness (QED) is 0.419. The first-order chi connectivity index (χ1) is 16.4. The molecular weight excluding hydrogens is 430 g/mol. The predicted octanol–water partition coefficient (Wildman–Crippen LogP) is 3.56. The van der Waals surface area contributed by atoms with Crippen LogP contribution < -0.4 is 11.0 Å². The topological polar surface area (TPSA) is 91.8 Å². The van der Waals surface area contributed by atoms with Gasteiger partial charge in [0.25, 0.3) is 0 Å². The Labute approximate surface area is 196 Å². The second-order valence-corrected chi connectivity index (χ2v) is 8.36. The van der Waals surface area contributed by atoms with E-state index in [0.29, 0.717) is 6.61 Å². The predicted molar refractivity (Wildman–Crippen MR) is 133 cm³/mol. The van der Waals surface area contributed by atoms with Crippen LogP contribution in [0.2, 0.25) is 0 Å². The minimum Gasteiger partial charge on any atom is -0.384 e. The molecule has 5 aromatic rings. The molecule has 0 saturated heterocycles. The Kier molecular flexibility index (Phi) is 5.41. The molecule has 0 saturated carbocycles. The molecule has 0 aliphatic rings. The summed E-state index contributed by atoms with van der Waals surface area (Å²) in [6, 6.07) is 8.18. The normalized spacial score (nSPS) is 11.6. The molecule has 174 valence electrons. The Morgan fingerprint density at radius 3 is 2.62 bits per heavy atom. The number of rotatable bonds is 6. The Hall–Kier alpha value is -3.98. The first-order valence-corrected chi connectivity index (χ1v) is 11.2. The summed E-state index contributed by atoms with van der Waals surface area (Å²) < 4.78 is 10.4. The fourth-order valence-corrected chi connectivity index (χ4v) is 4.45. The second-order valence-electron chi connectivity index (χ2n) is 8.36. The van der Waals surface area contributed by atoms with Gasteiger partial charge in [0, 0.05) is 51.1 Å². The van der Waals surface area contributed by atoms with Gasteiger partial charge >= 0.3 is 5.69 Å². The first-order valence-electron chi connectivity index (χ1n) is 11.2. The molecule has 9 nitrogen and oxygen atoms in total. The Morgan fingerprint density at radius 2 is 1.91 bits per heavy atom. The van der Waals surface area contributed by atoms with Gasteiger partial charge in [-0.2, -0.15) is 5.10 Å². The van der Waals surface area contributed by atoms with Gasteiger partial charge in [-0.3, -0.25) is 23.8 Å². The number of hydrogen-bond donors (Lipinski definition) is 1. The summed E-state index contributed by atoms with van der Waals surface area (Å²) in [6.45, 7) is 5.18. The van der Waals surface area contributed by atoms with E-state index in [-0.39, 0.29) is 5.69 Å². The summed E-state index contributed by atoms with van der Waals surface area (Å²) in [5, 5.41) is 8.71. The molecule has 34 heavy (non-hydrogen) atoms. The number of pyridine rings is 2. The van der Waals surface area contributed by atoms with Gasteiger partial charge in [0.2, 0.25) is 0 Å². The fraction of sp³-hybridized carbons (Fsp3) is 0.280. The van der Waals surface area contributed by atoms with Gasteiger partial charge in [0.1, 0.15) is 0 Å². The minimum absolute atomic E-state index is 0.133. The van der Waals surface area contributed by atoms with Crippen LogP contribution in [0.15, 0.2) is 47.7 Å². The fourth-order valence-electron chi connectivity index (χ4n) is 4.45. The maximum Gasteiger partial charge on any atom is 0.333 e. The lowest BCUT2D eigenvalue weighted by Crippen LogP contribution is -2.21. The van der Waals surface area contributed by atoms with Crippen molar-refractivity contribution in [2.75, 3.05) is 19.0 Å². The average molecular weight is 458 g/mol. The zero-order valence-corrected chi connectivity index (χ0v) is 20.0. The molecule has 4 aromatic heterocycles. The van der Waals surface area contributed by atoms with Crippen LogP contribution in [0.1, 0.15) is 18.3 Å². The van der Waals surface area contributed by atoms with E-state index in [1.165, 1.54) is 0 Å². The van der Waals surface area contributed by atoms with Crippen LogP contribution in [0.3, 0.4) is 0 Å². The summed E-state index contributed by atoms with van der Waals surface area (Å²) in [5.74, 6) is 0. The standard InChI is InChI=1S/C25H27N7O2/c1-6-26-20-10-17(11-27-21(20)14-34-5)16-7-8-19-18(9-16)24-22(12-28-19)31(4)25(33)32(24)23-13-30(3)29-15(23)2/h7-13,26H,6,14H2,1-5H3. The highest BCUT2D eigenvalue weighted by atomic mass is 16.5. The maximum atomic E-state index is 13.3. The molecule has 5 rings (SSSR count).